The van der Waals surface area contributed by atoms with Crippen molar-refractivity contribution in [2.45, 2.75) is 35.5 Å². The molecule has 230 valence electrons. The van der Waals surface area contributed by atoms with Gasteiger partial charge in [-0.2, -0.15) is 13.2 Å². The first-order valence-electron chi connectivity index (χ1n) is 13.3. The monoisotopic (exact) mass is 633 g/mol. The Morgan fingerprint density at radius 3 is 2.16 bits per heavy atom. The van der Waals surface area contributed by atoms with Gasteiger partial charge in [-0.3, -0.25) is 4.79 Å². The van der Waals surface area contributed by atoms with Crippen LogP contribution in [0.4, 0.5) is 27.6 Å². The molecule has 3 aromatic carbocycles. The van der Waals surface area contributed by atoms with Crippen molar-refractivity contribution < 1.29 is 39.6 Å². The number of hydrogen-bond acceptors (Lipinski definition) is 8. The lowest BCUT2D eigenvalue weighted by Gasteiger charge is -2.38. The van der Waals surface area contributed by atoms with Crippen LogP contribution in [0.15, 0.2) is 76.0 Å². The van der Waals surface area contributed by atoms with Gasteiger partial charge in [0.15, 0.2) is 9.84 Å². The Bertz CT molecular complexity index is 1820. The fourth-order valence-corrected chi connectivity index (χ4v) is 6.73. The highest BCUT2D eigenvalue weighted by molar-refractivity contribution is 7.91. The SMILES string of the molecule is N[C@H]1CS(=O)(=O)c2ccc(-c3nnc(C4(C(F)F)CNC4)o3)cc2N(Cc2ccc(-c3ccc(C(F)(F)F)cc3)cc2)C1=O. The summed E-state index contributed by atoms with van der Waals surface area (Å²) in [7, 11) is -4.01. The van der Waals surface area contributed by atoms with E-state index in [1.165, 1.54) is 35.2 Å². The van der Waals surface area contributed by atoms with Gasteiger partial charge in [0.25, 0.3) is 6.43 Å². The van der Waals surface area contributed by atoms with Crippen molar-refractivity contribution in [2.24, 2.45) is 5.73 Å². The van der Waals surface area contributed by atoms with Crippen LogP contribution in [0.25, 0.3) is 22.6 Å². The number of nitrogens with two attached hydrogens (primary N) is 1. The molecule has 2 aliphatic heterocycles. The summed E-state index contributed by atoms with van der Waals surface area (Å²) in [5.41, 5.74) is 5.57. The zero-order valence-corrected chi connectivity index (χ0v) is 23.5. The van der Waals surface area contributed by atoms with Crippen molar-refractivity contribution in [1.29, 1.82) is 0 Å². The Labute approximate surface area is 247 Å². The van der Waals surface area contributed by atoms with Crippen molar-refractivity contribution >= 4 is 21.4 Å². The number of amides is 1. The number of sulfone groups is 1. The van der Waals surface area contributed by atoms with Gasteiger partial charge in [0.1, 0.15) is 5.41 Å². The van der Waals surface area contributed by atoms with Gasteiger partial charge in [0.2, 0.25) is 17.7 Å². The molecule has 0 radical (unpaired) electrons. The van der Waals surface area contributed by atoms with Crippen molar-refractivity contribution in [3.8, 4) is 22.6 Å². The van der Waals surface area contributed by atoms with Crippen LogP contribution in [-0.2, 0) is 32.8 Å². The van der Waals surface area contributed by atoms with Crippen LogP contribution >= 0.6 is 0 Å². The number of rotatable bonds is 6. The second-order valence-corrected chi connectivity index (χ2v) is 12.7. The summed E-state index contributed by atoms with van der Waals surface area (Å²) in [6.07, 6.45) is -7.21. The largest absolute Gasteiger partial charge is 0.420 e. The average molecular weight is 634 g/mol. The molecular formula is C29H24F5N5O4S. The molecule has 0 saturated carbocycles. The lowest BCUT2D eigenvalue weighted by atomic mass is 9.82. The van der Waals surface area contributed by atoms with Gasteiger partial charge in [-0.15, -0.1) is 10.2 Å². The standard InChI is InChI=1S/C29H24F5N5O4S/c30-26(31)28(14-36-15-28)27-38-37-24(43-27)19-7-10-23-22(11-19)39(25(40)21(35)13-44(23,41)42)12-16-1-3-17(4-2-16)18-5-8-20(9-6-18)29(32,33)34/h1-11,21,26,36H,12-15,35H2/t21-/m0/s1. The van der Waals surface area contributed by atoms with Gasteiger partial charge in [-0.05, 0) is 47.0 Å². The number of carbonyl (C=O) groups is 1. The van der Waals surface area contributed by atoms with Crippen LogP contribution in [0, 0.1) is 0 Å². The number of fused-ring (bicyclic) bond motifs is 1. The Balaban J connectivity index is 1.33. The number of nitrogens with zero attached hydrogens (tertiary/aromatic N) is 3. The quantitative estimate of drug-likeness (QED) is 0.303. The van der Waals surface area contributed by atoms with E-state index in [1.54, 1.807) is 24.3 Å². The van der Waals surface area contributed by atoms with E-state index in [0.717, 1.165) is 12.1 Å². The second-order valence-electron chi connectivity index (χ2n) is 10.7. The van der Waals surface area contributed by atoms with Gasteiger partial charge < -0.3 is 20.4 Å². The average Bonchev–Trinajstić information content (AvgIpc) is 3.42. The number of alkyl halides is 5. The van der Waals surface area contributed by atoms with E-state index >= 15 is 0 Å². The number of carbonyl (C=O) groups excluding carboxylic acids is 1. The zero-order chi connectivity index (χ0) is 31.4. The molecule has 0 spiro atoms. The van der Waals surface area contributed by atoms with E-state index in [1.807, 2.05) is 0 Å². The van der Waals surface area contributed by atoms with Crippen LogP contribution in [0.5, 0.6) is 0 Å². The third kappa shape index (κ3) is 5.24. The number of halogens is 5. The van der Waals surface area contributed by atoms with Gasteiger partial charge in [-0.25, -0.2) is 17.2 Å². The Morgan fingerprint density at radius 2 is 1.59 bits per heavy atom. The van der Waals surface area contributed by atoms with Gasteiger partial charge in [-0.1, -0.05) is 36.4 Å². The molecule has 0 aliphatic carbocycles. The molecule has 44 heavy (non-hydrogen) atoms. The lowest BCUT2D eigenvalue weighted by Crippen LogP contribution is -2.61. The van der Waals surface area contributed by atoms with Crippen LogP contribution in [0.2, 0.25) is 0 Å². The van der Waals surface area contributed by atoms with Crippen LogP contribution in [-0.4, -0.2) is 55.8 Å². The molecule has 15 heteroatoms. The van der Waals surface area contributed by atoms with Crippen molar-refractivity contribution in [3.63, 3.8) is 0 Å². The van der Waals surface area contributed by atoms with Gasteiger partial charge >= 0.3 is 6.18 Å². The van der Waals surface area contributed by atoms with Crippen LogP contribution in [0.1, 0.15) is 17.0 Å². The Kier molecular flexibility index (Phi) is 7.29. The zero-order valence-electron chi connectivity index (χ0n) is 22.7. The summed E-state index contributed by atoms with van der Waals surface area (Å²) in [6, 6.07) is 14.0. The molecular weight excluding hydrogens is 609 g/mol. The summed E-state index contributed by atoms with van der Waals surface area (Å²) in [4.78, 5) is 14.5. The minimum atomic E-state index is -4.46. The molecule has 3 N–H and O–H groups in total. The molecule has 1 aromatic heterocycles. The fourth-order valence-electron chi connectivity index (χ4n) is 5.17. The number of hydrogen-bond donors (Lipinski definition) is 2. The molecule has 0 bridgehead atoms. The first kappa shape index (κ1) is 29.8. The maximum absolute atomic E-state index is 13.8. The molecule has 3 heterocycles. The molecule has 1 amide bonds. The van der Waals surface area contributed by atoms with Gasteiger partial charge in [0, 0.05) is 18.7 Å². The highest BCUT2D eigenvalue weighted by atomic mass is 32.2. The minimum absolute atomic E-state index is 0.000833. The van der Waals surface area contributed by atoms with E-state index in [0.29, 0.717) is 16.7 Å². The number of anilines is 1. The normalized spacial score (nSPS) is 19.4. The Hall–Kier alpha value is -4.21. The van der Waals surface area contributed by atoms with Crippen molar-refractivity contribution in [3.05, 3.63) is 83.7 Å². The predicted octanol–water partition coefficient (Wildman–Crippen LogP) is 4.18. The van der Waals surface area contributed by atoms with E-state index in [-0.39, 0.29) is 47.6 Å². The van der Waals surface area contributed by atoms with E-state index in [9.17, 15) is 35.2 Å². The van der Waals surface area contributed by atoms with Gasteiger partial charge in [0.05, 0.1) is 34.5 Å². The third-order valence-corrected chi connectivity index (χ3v) is 9.62. The number of benzene rings is 3. The second kappa shape index (κ2) is 10.7. The molecule has 4 aromatic rings. The maximum Gasteiger partial charge on any atom is 0.416 e. The molecule has 2 aliphatic rings. The fraction of sp³-hybridized carbons (Fsp3) is 0.276. The molecule has 1 atom stereocenters. The van der Waals surface area contributed by atoms with E-state index < -0.39 is 51.1 Å². The third-order valence-electron chi connectivity index (χ3n) is 7.80. The summed E-state index contributed by atoms with van der Waals surface area (Å²) < 4.78 is 98.3. The Morgan fingerprint density at radius 1 is 0.977 bits per heavy atom. The van der Waals surface area contributed by atoms with Crippen LogP contribution in [0.3, 0.4) is 0 Å². The van der Waals surface area contributed by atoms with E-state index in [2.05, 4.69) is 15.5 Å². The summed E-state index contributed by atoms with van der Waals surface area (Å²) in [5.74, 6) is -1.68. The lowest BCUT2D eigenvalue weighted by molar-refractivity contribution is -0.137. The number of aromatic nitrogens is 2. The first-order valence-corrected chi connectivity index (χ1v) is 15.0. The minimum Gasteiger partial charge on any atom is -0.420 e. The maximum atomic E-state index is 13.8. The molecule has 0 unspecified atom stereocenters. The highest BCUT2D eigenvalue weighted by Gasteiger charge is 2.52. The molecule has 9 nitrogen and oxygen atoms in total. The number of nitrogens with one attached hydrogen (secondary N) is 1. The van der Waals surface area contributed by atoms with E-state index in [4.69, 9.17) is 10.2 Å². The molecule has 1 fully saturated rings. The summed E-state index contributed by atoms with van der Waals surface area (Å²) in [6.45, 7) is -0.194. The predicted molar refractivity (Wildman–Crippen MR) is 148 cm³/mol. The smallest absolute Gasteiger partial charge is 0.416 e. The molecule has 1 saturated heterocycles. The molecule has 6 rings (SSSR count). The van der Waals surface area contributed by atoms with Crippen LogP contribution < -0.4 is 16.0 Å². The van der Waals surface area contributed by atoms with Crippen molar-refractivity contribution in [1.82, 2.24) is 15.5 Å². The summed E-state index contributed by atoms with van der Waals surface area (Å²) in [5, 5.41) is 10.5. The topological polar surface area (TPSA) is 131 Å². The first-order chi connectivity index (χ1) is 20.8. The highest BCUT2D eigenvalue weighted by Crippen LogP contribution is 2.38. The summed E-state index contributed by atoms with van der Waals surface area (Å²) >= 11 is 0. The van der Waals surface area contributed by atoms with Crippen molar-refractivity contribution in [2.75, 3.05) is 23.7 Å².